The Kier molecular flexibility index (Phi) is 6.73. The van der Waals surface area contributed by atoms with Crippen molar-refractivity contribution in [2.45, 2.75) is 0 Å². The summed E-state index contributed by atoms with van der Waals surface area (Å²) in [6, 6.07) is 59.0. The number of hydrogen-bond donors (Lipinski definition) is 0. The molecule has 56 heavy (non-hydrogen) atoms. The zero-order valence-electron chi connectivity index (χ0n) is 29.8. The SMILES string of the molecule is c1ccc(-c2nc3ccccc3c3c2ccc2c4cccc(-c5nc(-c6ccc7ccccc7c6)nc(-c6cccc7sc8ccccc8c67)n5)c4oc23)cc1. The van der Waals surface area contributed by atoms with E-state index in [-0.39, 0.29) is 0 Å². The molecule has 0 atom stereocenters. The Morgan fingerprint density at radius 2 is 1.04 bits per heavy atom. The second-order valence-electron chi connectivity index (χ2n) is 14.1. The Bertz CT molecular complexity index is 3550. The fourth-order valence-corrected chi connectivity index (χ4v) is 9.45. The Labute approximate surface area is 324 Å². The first-order chi connectivity index (χ1) is 27.7. The largest absolute Gasteiger partial charge is 0.455 e. The third-order valence-corrected chi connectivity index (χ3v) is 12.0. The van der Waals surface area contributed by atoms with Gasteiger partial charge in [-0.15, -0.1) is 11.3 Å². The lowest BCUT2D eigenvalue weighted by molar-refractivity contribution is 0.673. The van der Waals surface area contributed by atoms with Gasteiger partial charge in [-0.1, -0.05) is 133 Å². The van der Waals surface area contributed by atoms with E-state index in [1.807, 2.05) is 12.1 Å². The topological polar surface area (TPSA) is 64.7 Å². The fraction of sp³-hybridized carbons (Fsp3) is 0. The molecular weight excluding hydrogens is 705 g/mol. The van der Waals surface area contributed by atoms with Crippen LogP contribution in [0.25, 0.3) is 120 Å². The lowest BCUT2D eigenvalue weighted by Gasteiger charge is -2.10. The van der Waals surface area contributed by atoms with E-state index in [2.05, 4.69) is 158 Å². The molecule has 0 bridgehead atoms. The Morgan fingerprint density at radius 1 is 0.375 bits per heavy atom. The predicted molar refractivity (Wildman–Crippen MR) is 232 cm³/mol. The number of thiophene rings is 1. The zero-order valence-corrected chi connectivity index (χ0v) is 30.6. The second-order valence-corrected chi connectivity index (χ2v) is 15.2. The van der Waals surface area contributed by atoms with Gasteiger partial charge in [-0.2, -0.15) is 0 Å². The van der Waals surface area contributed by atoms with E-state index >= 15 is 0 Å². The maximum Gasteiger partial charge on any atom is 0.167 e. The third kappa shape index (κ3) is 4.73. The summed E-state index contributed by atoms with van der Waals surface area (Å²) in [5, 5.41) is 9.80. The average Bonchev–Trinajstić information content (AvgIpc) is 3.85. The molecule has 4 aromatic heterocycles. The number of hydrogen-bond acceptors (Lipinski definition) is 6. The van der Waals surface area contributed by atoms with E-state index in [1.54, 1.807) is 11.3 Å². The molecule has 6 heteroatoms. The highest BCUT2D eigenvalue weighted by Crippen LogP contribution is 2.44. The molecule has 12 aromatic rings. The maximum atomic E-state index is 7.09. The summed E-state index contributed by atoms with van der Waals surface area (Å²) in [5.41, 5.74) is 7.17. The molecule has 0 saturated carbocycles. The summed E-state index contributed by atoms with van der Waals surface area (Å²) in [4.78, 5) is 20.9. The van der Waals surface area contributed by atoms with Crippen molar-refractivity contribution in [1.29, 1.82) is 0 Å². The summed E-state index contributed by atoms with van der Waals surface area (Å²) in [7, 11) is 0. The number of aromatic nitrogens is 4. The molecule has 12 rings (SSSR count). The van der Waals surface area contributed by atoms with Gasteiger partial charge in [-0.3, -0.25) is 0 Å². The van der Waals surface area contributed by atoms with Crippen molar-refractivity contribution in [3.8, 4) is 45.4 Å². The van der Waals surface area contributed by atoms with Crippen molar-refractivity contribution in [2.24, 2.45) is 0 Å². The molecule has 0 unspecified atom stereocenters. The second kappa shape index (κ2) is 12.1. The van der Waals surface area contributed by atoms with Crippen LogP contribution in [0.2, 0.25) is 0 Å². The lowest BCUT2D eigenvalue weighted by atomic mass is 9.97. The van der Waals surface area contributed by atoms with Crippen LogP contribution in [0.5, 0.6) is 0 Å². The van der Waals surface area contributed by atoms with E-state index < -0.39 is 0 Å². The molecule has 5 nitrogen and oxygen atoms in total. The molecule has 4 heterocycles. The van der Waals surface area contributed by atoms with Gasteiger partial charge in [0.25, 0.3) is 0 Å². The molecule has 0 aliphatic carbocycles. The van der Waals surface area contributed by atoms with Crippen LogP contribution >= 0.6 is 11.3 Å². The third-order valence-electron chi connectivity index (χ3n) is 10.9. The minimum atomic E-state index is 0.556. The van der Waals surface area contributed by atoms with Crippen molar-refractivity contribution in [1.82, 2.24) is 19.9 Å². The van der Waals surface area contributed by atoms with Gasteiger partial charge >= 0.3 is 0 Å². The van der Waals surface area contributed by atoms with Crippen LogP contribution in [0.4, 0.5) is 0 Å². The molecule has 0 amide bonds. The number of nitrogens with zero attached hydrogens (tertiary/aromatic N) is 4. The minimum absolute atomic E-state index is 0.556. The zero-order chi connectivity index (χ0) is 36.7. The predicted octanol–water partition coefficient (Wildman–Crippen LogP) is 13.7. The van der Waals surface area contributed by atoms with Crippen LogP contribution in [-0.4, -0.2) is 19.9 Å². The molecule has 0 aliphatic heterocycles. The quantitative estimate of drug-likeness (QED) is 0.169. The van der Waals surface area contributed by atoms with Crippen molar-refractivity contribution in [3.05, 3.63) is 170 Å². The van der Waals surface area contributed by atoms with Crippen LogP contribution in [0.3, 0.4) is 0 Å². The molecule has 0 fully saturated rings. The lowest BCUT2D eigenvalue weighted by Crippen LogP contribution is -2.00. The Morgan fingerprint density at radius 3 is 1.95 bits per heavy atom. The van der Waals surface area contributed by atoms with Gasteiger partial charge in [0, 0.05) is 63.8 Å². The van der Waals surface area contributed by atoms with Crippen LogP contribution in [-0.2, 0) is 0 Å². The minimum Gasteiger partial charge on any atom is -0.455 e. The normalized spacial score (nSPS) is 11.9. The van der Waals surface area contributed by atoms with Gasteiger partial charge in [-0.05, 0) is 47.2 Å². The highest BCUT2D eigenvalue weighted by molar-refractivity contribution is 7.25. The molecule has 0 aliphatic rings. The summed E-state index contributed by atoms with van der Waals surface area (Å²) >= 11 is 1.79. The van der Waals surface area contributed by atoms with Crippen molar-refractivity contribution in [2.75, 3.05) is 0 Å². The number of furan rings is 1. The Hall–Kier alpha value is -7.28. The number of para-hydroxylation sites is 2. The first-order valence-electron chi connectivity index (χ1n) is 18.6. The maximum absolute atomic E-state index is 7.09. The van der Waals surface area contributed by atoms with Gasteiger partial charge < -0.3 is 4.42 Å². The molecule has 0 N–H and O–H groups in total. The van der Waals surface area contributed by atoms with E-state index in [9.17, 15) is 0 Å². The number of fused-ring (bicyclic) bond motifs is 11. The van der Waals surface area contributed by atoms with Crippen LogP contribution in [0, 0.1) is 0 Å². The number of rotatable bonds is 4. The molecule has 0 spiro atoms. The first-order valence-corrected chi connectivity index (χ1v) is 19.5. The number of benzene rings is 8. The summed E-state index contributed by atoms with van der Waals surface area (Å²) in [5.74, 6) is 1.78. The fourth-order valence-electron chi connectivity index (χ4n) is 8.32. The monoisotopic (exact) mass is 732 g/mol. The van der Waals surface area contributed by atoms with Gasteiger partial charge in [0.1, 0.15) is 11.2 Å². The van der Waals surface area contributed by atoms with E-state index in [0.29, 0.717) is 17.5 Å². The van der Waals surface area contributed by atoms with Gasteiger partial charge in [0.15, 0.2) is 17.5 Å². The summed E-state index contributed by atoms with van der Waals surface area (Å²) in [6.45, 7) is 0. The Balaban J connectivity index is 1.15. The van der Waals surface area contributed by atoms with Crippen molar-refractivity contribution < 1.29 is 4.42 Å². The van der Waals surface area contributed by atoms with Crippen LogP contribution in [0.15, 0.2) is 174 Å². The molecule has 260 valence electrons. The van der Waals surface area contributed by atoms with Crippen molar-refractivity contribution in [3.63, 3.8) is 0 Å². The molecule has 0 saturated heterocycles. The summed E-state index contributed by atoms with van der Waals surface area (Å²) < 4.78 is 9.52. The first kappa shape index (κ1) is 31.1. The average molecular weight is 733 g/mol. The van der Waals surface area contributed by atoms with E-state index in [0.717, 1.165) is 87.7 Å². The van der Waals surface area contributed by atoms with E-state index in [1.165, 1.54) is 14.8 Å². The standard InChI is InChI=1S/C50H28N4OS/c1-2-13-30(14-3-1)45-37-27-26-34-33-18-10-20-39(46(33)55-47(34)44(37)35-16-6-8-21-40(35)51-45)50-53-48(32-25-24-29-12-4-5-15-31(29)28-32)52-49(54-50)38-19-11-23-42-43(38)36-17-7-9-22-41(36)56-42/h1-28H. The van der Waals surface area contributed by atoms with Gasteiger partial charge in [0.05, 0.1) is 16.8 Å². The van der Waals surface area contributed by atoms with Crippen LogP contribution < -0.4 is 0 Å². The molecular formula is C50H28N4OS. The van der Waals surface area contributed by atoms with E-state index in [4.69, 9.17) is 24.4 Å². The van der Waals surface area contributed by atoms with Gasteiger partial charge in [-0.25, -0.2) is 19.9 Å². The van der Waals surface area contributed by atoms with Gasteiger partial charge in [0.2, 0.25) is 0 Å². The van der Waals surface area contributed by atoms with Crippen molar-refractivity contribution >= 4 is 85.9 Å². The molecule has 0 radical (unpaired) electrons. The highest BCUT2D eigenvalue weighted by atomic mass is 32.1. The number of pyridine rings is 1. The highest BCUT2D eigenvalue weighted by Gasteiger charge is 2.22. The smallest absolute Gasteiger partial charge is 0.167 e. The summed E-state index contributed by atoms with van der Waals surface area (Å²) in [6.07, 6.45) is 0. The van der Waals surface area contributed by atoms with Crippen LogP contribution in [0.1, 0.15) is 0 Å². The molecule has 8 aromatic carbocycles.